The summed E-state index contributed by atoms with van der Waals surface area (Å²) < 4.78 is 16.4. The van der Waals surface area contributed by atoms with Crippen LogP contribution in [0.15, 0.2) is 54.1 Å². The number of hydrogen-bond donors (Lipinski definition) is 1. The summed E-state index contributed by atoms with van der Waals surface area (Å²) in [4.78, 5) is 27.6. The third-order valence-corrected chi connectivity index (χ3v) is 5.94. The Morgan fingerprint density at radius 3 is 2.17 bits per heavy atom. The number of ketones is 1. The molecule has 0 radical (unpaired) electrons. The number of Topliss-reactive ketones (excluding diaryl/α,β-unsaturated/α-hetero) is 1. The molecule has 2 aromatic carbocycles. The van der Waals surface area contributed by atoms with Crippen LogP contribution in [0.2, 0.25) is 0 Å². The highest BCUT2D eigenvalue weighted by atomic mass is 16.5. The zero-order valence-electron chi connectivity index (χ0n) is 20.8. The van der Waals surface area contributed by atoms with Gasteiger partial charge in [0.25, 0.3) is 11.7 Å². The van der Waals surface area contributed by atoms with Crippen LogP contribution < -0.4 is 9.47 Å². The second-order valence-corrected chi connectivity index (χ2v) is 8.42. The van der Waals surface area contributed by atoms with Crippen molar-refractivity contribution >= 4 is 17.4 Å². The largest absolute Gasteiger partial charge is 0.507 e. The fourth-order valence-corrected chi connectivity index (χ4v) is 4.16. The molecule has 1 saturated heterocycles. The van der Waals surface area contributed by atoms with E-state index in [1.165, 1.54) is 4.90 Å². The normalized spacial score (nSPS) is 17.1. The molecule has 2 aromatic rings. The monoisotopic (exact) mass is 481 g/mol. The molecule has 188 valence electrons. The van der Waals surface area contributed by atoms with Gasteiger partial charge in [-0.25, -0.2) is 0 Å². The third kappa shape index (κ3) is 6.42. The summed E-state index contributed by atoms with van der Waals surface area (Å²) in [5, 5.41) is 11.2. The van der Waals surface area contributed by atoms with Crippen molar-refractivity contribution in [3.8, 4) is 11.5 Å². The number of hydrogen-bond acceptors (Lipinski definition) is 6. The summed E-state index contributed by atoms with van der Waals surface area (Å²) >= 11 is 0. The summed E-state index contributed by atoms with van der Waals surface area (Å²) in [5.41, 5.74) is 1.26. The first kappa shape index (κ1) is 26.3. The minimum atomic E-state index is -0.701. The molecule has 7 heteroatoms. The number of carbonyl (C=O) groups excluding carboxylic acids is 2. The fourth-order valence-electron chi connectivity index (χ4n) is 4.16. The SMILES string of the molecule is CCCCCOc1ccc(/C(O)=C2/C(=O)C(=O)N(CCCOC)C2c2ccc(OCC)cc2)cc1. The van der Waals surface area contributed by atoms with E-state index in [1.54, 1.807) is 43.5 Å². The third-order valence-electron chi connectivity index (χ3n) is 5.94. The molecule has 1 unspecified atom stereocenters. The van der Waals surface area contributed by atoms with Crippen molar-refractivity contribution in [3.63, 3.8) is 0 Å². The smallest absolute Gasteiger partial charge is 0.295 e. The first-order valence-corrected chi connectivity index (χ1v) is 12.2. The van der Waals surface area contributed by atoms with Gasteiger partial charge in [0.1, 0.15) is 17.3 Å². The lowest BCUT2D eigenvalue weighted by Gasteiger charge is -2.25. The average Bonchev–Trinajstić information content (AvgIpc) is 3.12. The van der Waals surface area contributed by atoms with E-state index >= 15 is 0 Å². The van der Waals surface area contributed by atoms with Crippen molar-refractivity contribution in [1.82, 2.24) is 4.90 Å². The minimum absolute atomic E-state index is 0.0770. The quantitative estimate of drug-likeness (QED) is 0.185. The molecule has 1 heterocycles. The molecular weight excluding hydrogens is 446 g/mol. The lowest BCUT2D eigenvalue weighted by molar-refractivity contribution is -0.140. The molecular formula is C28H35NO6. The van der Waals surface area contributed by atoms with Crippen LogP contribution in [0.1, 0.15) is 56.7 Å². The van der Waals surface area contributed by atoms with E-state index in [1.807, 2.05) is 19.1 Å². The van der Waals surface area contributed by atoms with Crippen LogP contribution >= 0.6 is 0 Å². The van der Waals surface area contributed by atoms with E-state index in [-0.39, 0.29) is 11.3 Å². The van der Waals surface area contributed by atoms with E-state index in [9.17, 15) is 14.7 Å². The molecule has 1 amide bonds. The number of unbranched alkanes of at least 4 members (excludes halogenated alkanes) is 2. The Morgan fingerprint density at radius 1 is 0.886 bits per heavy atom. The zero-order valence-corrected chi connectivity index (χ0v) is 20.8. The van der Waals surface area contributed by atoms with Crippen LogP contribution in [0, 0.1) is 0 Å². The van der Waals surface area contributed by atoms with E-state index in [0.717, 1.165) is 24.8 Å². The van der Waals surface area contributed by atoms with E-state index in [2.05, 4.69) is 6.92 Å². The zero-order chi connectivity index (χ0) is 25.2. The van der Waals surface area contributed by atoms with Gasteiger partial charge in [0.05, 0.1) is 24.8 Å². The summed E-state index contributed by atoms with van der Waals surface area (Å²) in [6.07, 6.45) is 3.78. The van der Waals surface area contributed by atoms with Crippen LogP contribution in [-0.2, 0) is 14.3 Å². The molecule has 1 atom stereocenters. The van der Waals surface area contributed by atoms with Crippen molar-refractivity contribution < 1.29 is 28.9 Å². The summed E-state index contributed by atoms with van der Waals surface area (Å²) in [5.74, 6) is -0.132. The molecule has 0 saturated carbocycles. The second kappa shape index (κ2) is 13.0. The first-order valence-electron chi connectivity index (χ1n) is 12.2. The molecule has 7 nitrogen and oxygen atoms in total. The Morgan fingerprint density at radius 2 is 1.54 bits per heavy atom. The Balaban J connectivity index is 1.94. The number of ether oxygens (including phenoxy) is 3. The van der Waals surface area contributed by atoms with Gasteiger partial charge in [-0.15, -0.1) is 0 Å². The molecule has 0 spiro atoms. The van der Waals surface area contributed by atoms with Gasteiger partial charge >= 0.3 is 0 Å². The molecule has 0 aromatic heterocycles. The Hall–Kier alpha value is -3.32. The number of methoxy groups -OCH3 is 1. The predicted octanol–water partition coefficient (Wildman–Crippen LogP) is 5.11. The van der Waals surface area contributed by atoms with Crippen molar-refractivity contribution in [1.29, 1.82) is 0 Å². The molecule has 1 fully saturated rings. The first-order chi connectivity index (χ1) is 17.0. The minimum Gasteiger partial charge on any atom is -0.507 e. The number of nitrogens with zero attached hydrogens (tertiary/aromatic N) is 1. The maximum atomic E-state index is 13.1. The Bertz CT molecular complexity index is 1010. The summed E-state index contributed by atoms with van der Waals surface area (Å²) in [6, 6.07) is 13.5. The molecule has 0 aliphatic carbocycles. The number of amides is 1. The fraction of sp³-hybridized carbons (Fsp3) is 0.429. The predicted molar refractivity (Wildman–Crippen MR) is 135 cm³/mol. The van der Waals surface area contributed by atoms with Gasteiger partial charge in [-0.05, 0) is 61.7 Å². The van der Waals surface area contributed by atoms with Gasteiger partial charge in [-0.2, -0.15) is 0 Å². The summed E-state index contributed by atoms with van der Waals surface area (Å²) in [6.45, 7) is 5.99. The lowest BCUT2D eigenvalue weighted by Crippen LogP contribution is -2.31. The number of rotatable bonds is 13. The standard InChI is InChI=1S/C28H35NO6/c1-4-6-7-19-35-23-15-11-21(12-16-23)26(30)24-25(20-9-13-22(14-10-20)34-5-2)29(17-8-18-33-3)28(32)27(24)31/h9-16,25,30H,4-8,17-19H2,1-3H3/b26-24-. The average molecular weight is 482 g/mol. The van der Waals surface area contributed by atoms with Crippen LogP contribution in [-0.4, -0.2) is 55.2 Å². The van der Waals surface area contributed by atoms with Crippen molar-refractivity contribution in [2.75, 3.05) is 33.5 Å². The lowest BCUT2D eigenvalue weighted by atomic mass is 9.95. The van der Waals surface area contributed by atoms with Crippen molar-refractivity contribution in [2.24, 2.45) is 0 Å². The topological polar surface area (TPSA) is 85.3 Å². The molecule has 35 heavy (non-hydrogen) atoms. The molecule has 1 N–H and O–H groups in total. The number of likely N-dealkylation sites (tertiary alicyclic amines) is 1. The highest BCUT2D eigenvalue weighted by molar-refractivity contribution is 6.46. The second-order valence-electron chi connectivity index (χ2n) is 8.42. The summed E-state index contributed by atoms with van der Waals surface area (Å²) in [7, 11) is 1.59. The number of benzene rings is 2. The highest BCUT2D eigenvalue weighted by Crippen LogP contribution is 2.40. The molecule has 1 aliphatic heterocycles. The highest BCUT2D eigenvalue weighted by Gasteiger charge is 2.45. The maximum Gasteiger partial charge on any atom is 0.295 e. The van der Waals surface area contributed by atoms with Crippen LogP contribution in [0.4, 0.5) is 0 Å². The van der Waals surface area contributed by atoms with Gasteiger partial charge in [-0.1, -0.05) is 31.9 Å². The molecule has 1 aliphatic rings. The van der Waals surface area contributed by atoms with Crippen molar-refractivity contribution in [2.45, 2.75) is 45.6 Å². The molecule has 0 bridgehead atoms. The Labute approximate surface area is 207 Å². The van der Waals surface area contributed by atoms with Gasteiger partial charge in [0, 0.05) is 25.8 Å². The van der Waals surface area contributed by atoms with Gasteiger partial charge in [-0.3, -0.25) is 9.59 Å². The molecule has 3 rings (SSSR count). The Kier molecular flexibility index (Phi) is 9.73. The van der Waals surface area contributed by atoms with Crippen LogP contribution in [0.3, 0.4) is 0 Å². The van der Waals surface area contributed by atoms with Crippen LogP contribution in [0.5, 0.6) is 11.5 Å². The number of carbonyl (C=O) groups is 2. The number of aliphatic hydroxyl groups is 1. The van der Waals surface area contributed by atoms with Crippen LogP contribution in [0.25, 0.3) is 5.76 Å². The van der Waals surface area contributed by atoms with Crippen molar-refractivity contribution in [3.05, 3.63) is 65.2 Å². The van der Waals surface area contributed by atoms with Gasteiger partial charge < -0.3 is 24.2 Å². The van der Waals surface area contributed by atoms with E-state index < -0.39 is 17.7 Å². The van der Waals surface area contributed by atoms with Gasteiger partial charge in [0.2, 0.25) is 0 Å². The number of aliphatic hydroxyl groups excluding tert-OH is 1. The van der Waals surface area contributed by atoms with E-state index in [4.69, 9.17) is 14.2 Å². The maximum absolute atomic E-state index is 13.1. The van der Waals surface area contributed by atoms with Gasteiger partial charge in [0.15, 0.2) is 0 Å². The van der Waals surface area contributed by atoms with E-state index in [0.29, 0.717) is 49.8 Å².